The van der Waals surface area contributed by atoms with E-state index in [1.165, 1.54) is 0 Å². The molecule has 0 aliphatic carbocycles. The third-order valence-corrected chi connectivity index (χ3v) is 1.01. The second-order valence-electron chi connectivity index (χ2n) is 1.62. The Bertz CT molecular complexity index is 281. The minimum absolute atomic E-state index is 0.446. The van der Waals surface area contributed by atoms with Crippen molar-refractivity contribution >= 4 is 11.3 Å². The maximum absolute atomic E-state index is 3.87. The molecule has 0 spiro atoms. The van der Waals surface area contributed by atoms with Gasteiger partial charge in [-0.25, -0.2) is 15.0 Å². The summed E-state index contributed by atoms with van der Waals surface area (Å²) in [7, 11) is 0. The maximum atomic E-state index is 3.87. The summed E-state index contributed by atoms with van der Waals surface area (Å²) in [5.41, 5.74) is 0.916. The van der Waals surface area contributed by atoms with Gasteiger partial charge in [0.25, 0.3) is 0 Å². The van der Waals surface area contributed by atoms with Crippen molar-refractivity contribution in [3.8, 4) is 0 Å². The first-order chi connectivity index (χ1) is 4.97. The Labute approximate surface area is 56.2 Å². The second kappa shape index (κ2) is 1.94. The van der Waals surface area contributed by atoms with Crippen LogP contribution in [0.25, 0.3) is 11.3 Å². The summed E-state index contributed by atoms with van der Waals surface area (Å²) >= 11 is 0. The van der Waals surface area contributed by atoms with E-state index in [2.05, 4.69) is 31.5 Å². The quantitative estimate of drug-likeness (QED) is 0.488. The van der Waals surface area contributed by atoms with E-state index in [-0.39, 0.29) is 0 Å². The van der Waals surface area contributed by atoms with Crippen molar-refractivity contribution in [1.82, 2.24) is 25.1 Å². The molecule has 0 amide bonds. The van der Waals surface area contributed by atoms with Crippen LogP contribution < -0.4 is 0 Å². The Kier molecular flexibility index (Phi) is 1.00. The summed E-state index contributed by atoms with van der Waals surface area (Å²) in [6.07, 6.45) is 5.41. The molecule has 2 aromatic heterocycles. The number of hydrogen-bond donors (Lipinski definition) is 0. The van der Waals surface area contributed by atoms with Gasteiger partial charge in [0.1, 0.15) is 0 Å². The number of rotatable bonds is 0. The van der Waals surface area contributed by atoms with Crippen LogP contribution in [-0.2, 0) is 0 Å². The molecule has 0 bridgehead atoms. The van der Waals surface area contributed by atoms with Crippen LogP contribution in [0.1, 0.15) is 0 Å². The highest BCUT2D eigenvalue weighted by molar-refractivity contribution is 5.61. The first-order valence-corrected chi connectivity index (χ1v) is 2.64. The molecule has 0 N–H and O–H groups in total. The number of nitrogens with zero attached hydrogens (tertiary/aromatic N) is 5. The third kappa shape index (κ3) is 0.680. The van der Waals surface area contributed by atoms with E-state index >= 15 is 0 Å². The molecule has 5 heteroatoms. The van der Waals surface area contributed by atoms with Gasteiger partial charge in [0.2, 0.25) is 17.6 Å². The zero-order valence-corrected chi connectivity index (χ0v) is 4.89. The lowest BCUT2D eigenvalue weighted by atomic mass is 10.6. The number of aromatic nitrogens is 5. The van der Waals surface area contributed by atoms with Crippen LogP contribution in [0.3, 0.4) is 0 Å². The van der Waals surface area contributed by atoms with Gasteiger partial charge in [0, 0.05) is 12.4 Å². The predicted octanol–water partition coefficient (Wildman–Crippen LogP) is -0.385. The molecule has 2 rings (SSSR count). The summed E-state index contributed by atoms with van der Waals surface area (Å²) in [5.74, 6) is 0. The average Bonchev–Trinajstić information content (AvgIpc) is 2.05. The van der Waals surface area contributed by atoms with E-state index in [1.807, 2.05) is 0 Å². The lowest BCUT2D eigenvalue weighted by molar-refractivity contribution is 0.974. The van der Waals surface area contributed by atoms with Crippen molar-refractivity contribution in [2.24, 2.45) is 0 Å². The van der Waals surface area contributed by atoms with Crippen LogP contribution >= 0.6 is 0 Å². The molecule has 5 nitrogen and oxygen atoms in total. The Balaban J connectivity index is 2.89. The number of hydrogen-bond acceptors (Lipinski definition) is 5. The lowest BCUT2D eigenvalue weighted by Crippen LogP contribution is -1.91. The van der Waals surface area contributed by atoms with Crippen molar-refractivity contribution in [3.05, 3.63) is 18.7 Å². The summed E-state index contributed by atoms with van der Waals surface area (Å²) < 4.78 is 0. The van der Waals surface area contributed by atoms with E-state index in [0.29, 0.717) is 11.3 Å². The largest absolute Gasteiger partial charge is 0.232 e. The molecule has 0 aliphatic rings. The van der Waals surface area contributed by atoms with Gasteiger partial charge in [-0.05, 0) is 0 Å². The van der Waals surface area contributed by atoms with Gasteiger partial charge in [-0.15, -0.1) is 10.2 Å². The van der Waals surface area contributed by atoms with Gasteiger partial charge in [-0.3, -0.25) is 0 Å². The minimum Gasteiger partial charge on any atom is -0.232 e. The van der Waals surface area contributed by atoms with E-state index in [4.69, 9.17) is 0 Å². The van der Waals surface area contributed by atoms with E-state index < -0.39 is 0 Å². The molecule has 0 unspecified atom stereocenters. The summed E-state index contributed by atoms with van der Waals surface area (Å²) in [5, 5.41) is 7.06. The van der Waals surface area contributed by atoms with Crippen molar-refractivity contribution in [2.45, 2.75) is 0 Å². The maximum Gasteiger partial charge on any atom is 0.223 e. The average molecular weight is 132 g/mol. The molecule has 1 radical (unpaired) electrons. The first-order valence-electron chi connectivity index (χ1n) is 2.64. The van der Waals surface area contributed by atoms with Gasteiger partial charge < -0.3 is 0 Å². The molecule has 10 heavy (non-hydrogen) atoms. The molecule has 0 aromatic carbocycles. The van der Waals surface area contributed by atoms with Gasteiger partial charge in [-0.1, -0.05) is 0 Å². The summed E-state index contributed by atoms with van der Waals surface area (Å²) in [4.78, 5) is 11.4. The fraction of sp³-hybridized carbons (Fsp3) is 0. The van der Waals surface area contributed by atoms with Crippen LogP contribution in [-0.4, -0.2) is 25.1 Å². The molecule has 0 atom stereocenters. The molecule has 0 saturated carbocycles. The Morgan fingerprint density at radius 1 is 1.10 bits per heavy atom. The van der Waals surface area contributed by atoms with E-state index in [0.717, 1.165) is 0 Å². The fourth-order valence-electron chi connectivity index (χ4n) is 0.612. The Morgan fingerprint density at radius 3 is 2.70 bits per heavy atom. The molecule has 0 aliphatic heterocycles. The molecule has 47 valence electrons. The molecule has 2 heterocycles. The molecule has 0 saturated heterocycles. The normalized spacial score (nSPS) is 10.0. The van der Waals surface area contributed by atoms with Gasteiger partial charge in [-0.2, -0.15) is 0 Å². The molecular formula is C5H2N5. The highest BCUT2D eigenvalue weighted by Gasteiger charge is 1.93. The van der Waals surface area contributed by atoms with Crippen LogP contribution in [0.5, 0.6) is 0 Å². The van der Waals surface area contributed by atoms with E-state index in [9.17, 15) is 0 Å². The zero-order chi connectivity index (χ0) is 6.81. The van der Waals surface area contributed by atoms with Gasteiger partial charge >= 0.3 is 0 Å². The van der Waals surface area contributed by atoms with Crippen molar-refractivity contribution in [3.63, 3.8) is 0 Å². The van der Waals surface area contributed by atoms with Gasteiger partial charge in [0.05, 0.1) is 0 Å². The van der Waals surface area contributed by atoms with Crippen LogP contribution in [0, 0.1) is 6.33 Å². The molecule has 2 aromatic rings. The van der Waals surface area contributed by atoms with Crippen LogP contribution in [0.4, 0.5) is 0 Å². The van der Waals surface area contributed by atoms with Crippen molar-refractivity contribution < 1.29 is 0 Å². The van der Waals surface area contributed by atoms with Crippen LogP contribution in [0.2, 0.25) is 0 Å². The van der Waals surface area contributed by atoms with Crippen molar-refractivity contribution in [1.29, 1.82) is 0 Å². The molecule has 0 fully saturated rings. The monoisotopic (exact) mass is 132 g/mol. The minimum atomic E-state index is 0.446. The fourth-order valence-corrected chi connectivity index (χ4v) is 0.612. The highest BCUT2D eigenvalue weighted by Crippen LogP contribution is 1.94. The SMILES string of the molecule is [c]1nnc2nccnc2n1. The predicted molar refractivity (Wildman–Crippen MR) is 31.8 cm³/mol. The number of fused-ring (bicyclic) bond motifs is 1. The van der Waals surface area contributed by atoms with Crippen molar-refractivity contribution in [2.75, 3.05) is 0 Å². The third-order valence-electron chi connectivity index (χ3n) is 1.01. The Hall–Kier alpha value is -1.65. The summed E-state index contributed by atoms with van der Waals surface area (Å²) in [6, 6.07) is 0. The standard InChI is InChI=1S/C5H2N5/c1-2-7-5-4(6-1)8-3-9-10-5/h1-2H. The van der Waals surface area contributed by atoms with Crippen LogP contribution in [0.15, 0.2) is 12.4 Å². The van der Waals surface area contributed by atoms with Gasteiger partial charge in [0.15, 0.2) is 0 Å². The zero-order valence-electron chi connectivity index (χ0n) is 4.89. The lowest BCUT2D eigenvalue weighted by Gasteiger charge is -1.86. The smallest absolute Gasteiger partial charge is 0.223 e. The highest BCUT2D eigenvalue weighted by atomic mass is 15.2. The van der Waals surface area contributed by atoms with E-state index in [1.54, 1.807) is 12.4 Å². The topological polar surface area (TPSA) is 64.5 Å². The molecular weight excluding hydrogens is 130 g/mol. The summed E-state index contributed by atoms with van der Waals surface area (Å²) in [6.45, 7) is 0. The second-order valence-corrected chi connectivity index (χ2v) is 1.62. The first kappa shape index (κ1) is 5.16. The Morgan fingerprint density at radius 2 is 1.90 bits per heavy atom.